The summed E-state index contributed by atoms with van der Waals surface area (Å²) in [6.07, 6.45) is 1.92. The number of sulfone groups is 1. The smallest absolute Gasteiger partial charge is 0.150 e. The second-order valence-corrected chi connectivity index (χ2v) is 8.68. The monoisotopic (exact) mass is 330 g/mol. The lowest BCUT2D eigenvalue weighted by molar-refractivity contribution is 0.146. The number of halogens is 1. The minimum atomic E-state index is -2.89. The van der Waals surface area contributed by atoms with E-state index < -0.39 is 15.9 Å². The number of aliphatic hydroxyl groups excluding tert-OH is 1. The Morgan fingerprint density at radius 2 is 2.24 bits per heavy atom. The fraction of sp³-hybridized carbons (Fsp3) is 0.600. The topological polar surface area (TPSA) is 63.6 Å². The molecule has 0 amide bonds. The summed E-state index contributed by atoms with van der Waals surface area (Å²) in [7, 11) is -2.89. The number of benzene rings is 1. The Morgan fingerprint density at radius 1 is 1.43 bits per heavy atom. The number of hydrogen-bond donors (Lipinski definition) is 1. The van der Waals surface area contributed by atoms with E-state index in [1.807, 2.05) is 12.1 Å². The first-order valence-corrected chi connectivity index (χ1v) is 9.45. The maximum atomic E-state index is 11.5. The van der Waals surface area contributed by atoms with Crippen molar-refractivity contribution in [2.45, 2.75) is 31.8 Å². The highest BCUT2D eigenvalue weighted by Gasteiger charge is 2.30. The molecule has 2 atom stereocenters. The van der Waals surface area contributed by atoms with Crippen LogP contribution in [-0.2, 0) is 22.7 Å². The van der Waals surface area contributed by atoms with Gasteiger partial charge in [-0.1, -0.05) is 11.6 Å². The van der Waals surface area contributed by atoms with Gasteiger partial charge in [-0.3, -0.25) is 0 Å². The Bertz CT molecular complexity index is 641. The largest absolute Gasteiger partial charge is 0.493 e. The molecule has 3 rings (SSSR count). The summed E-state index contributed by atoms with van der Waals surface area (Å²) in [4.78, 5) is 0. The molecule has 1 N–H and O–H groups in total. The summed E-state index contributed by atoms with van der Waals surface area (Å²) >= 11 is 6.10. The van der Waals surface area contributed by atoms with Crippen LogP contribution < -0.4 is 4.74 Å². The molecule has 2 aliphatic heterocycles. The van der Waals surface area contributed by atoms with Gasteiger partial charge in [0, 0.05) is 17.9 Å². The Balaban J connectivity index is 1.67. The van der Waals surface area contributed by atoms with Crippen LogP contribution in [0.5, 0.6) is 5.75 Å². The van der Waals surface area contributed by atoms with Crippen LogP contribution in [0, 0.1) is 5.92 Å². The van der Waals surface area contributed by atoms with Crippen molar-refractivity contribution in [3.63, 3.8) is 0 Å². The Labute approximate surface area is 130 Å². The maximum absolute atomic E-state index is 11.5. The van der Waals surface area contributed by atoms with Gasteiger partial charge in [0.2, 0.25) is 0 Å². The van der Waals surface area contributed by atoms with Crippen molar-refractivity contribution in [3.8, 4) is 5.75 Å². The molecule has 1 aromatic rings. The first-order valence-electron chi connectivity index (χ1n) is 7.25. The van der Waals surface area contributed by atoms with Crippen LogP contribution in [0.3, 0.4) is 0 Å². The van der Waals surface area contributed by atoms with Crippen molar-refractivity contribution in [2.24, 2.45) is 5.92 Å². The van der Waals surface area contributed by atoms with E-state index in [4.69, 9.17) is 16.3 Å². The fourth-order valence-corrected chi connectivity index (χ4v) is 5.42. The Hall–Kier alpha value is -0.780. The zero-order valence-electron chi connectivity index (χ0n) is 11.7. The molecule has 0 bridgehead atoms. The third-order valence-electron chi connectivity index (χ3n) is 4.21. The third-order valence-corrected chi connectivity index (χ3v) is 6.27. The lowest BCUT2D eigenvalue weighted by Gasteiger charge is -2.16. The van der Waals surface area contributed by atoms with Crippen LogP contribution in [0.2, 0.25) is 5.02 Å². The SMILES string of the molecule is O=S1(=O)CCC(CC(O)Cc2cc(Cl)cc3c2OCC3)C1. The molecule has 116 valence electrons. The fourth-order valence-electron chi connectivity index (χ4n) is 3.28. The molecule has 0 spiro atoms. The van der Waals surface area contributed by atoms with Gasteiger partial charge < -0.3 is 9.84 Å². The van der Waals surface area contributed by atoms with Gasteiger partial charge >= 0.3 is 0 Å². The van der Waals surface area contributed by atoms with Gasteiger partial charge in [-0.05, 0) is 42.0 Å². The lowest BCUT2D eigenvalue weighted by Crippen LogP contribution is -2.17. The average molecular weight is 331 g/mol. The van der Waals surface area contributed by atoms with Crippen LogP contribution in [0.4, 0.5) is 0 Å². The van der Waals surface area contributed by atoms with E-state index in [-0.39, 0.29) is 17.4 Å². The predicted molar refractivity (Wildman–Crippen MR) is 81.7 cm³/mol. The van der Waals surface area contributed by atoms with Gasteiger partial charge in [-0.15, -0.1) is 0 Å². The number of aliphatic hydroxyl groups is 1. The number of hydrogen-bond acceptors (Lipinski definition) is 4. The van der Waals surface area contributed by atoms with E-state index in [0.29, 0.717) is 30.9 Å². The first-order chi connectivity index (χ1) is 9.93. The summed E-state index contributed by atoms with van der Waals surface area (Å²) in [5.74, 6) is 1.37. The van der Waals surface area contributed by atoms with Crippen LogP contribution in [0.15, 0.2) is 12.1 Å². The van der Waals surface area contributed by atoms with Crippen LogP contribution in [0.25, 0.3) is 0 Å². The molecule has 0 saturated carbocycles. The summed E-state index contributed by atoms with van der Waals surface area (Å²) in [6.45, 7) is 0.652. The van der Waals surface area contributed by atoms with Gasteiger partial charge in [0.25, 0.3) is 0 Å². The van der Waals surface area contributed by atoms with Crippen molar-refractivity contribution in [3.05, 3.63) is 28.3 Å². The van der Waals surface area contributed by atoms with Gasteiger partial charge in [0.1, 0.15) is 5.75 Å². The molecular formula is C15H19ClO4S. The molecule has 2 unspecified atom stereocenters. The molecule has 1 fully saturated rings. The molecule has 21 heavy (non-hydrogen) atoms. The lowest BCUT2D eigenvalue weighted by atomic mass is 9.95. The van der Waals surface area contributed by atoms with Crippen molar-refractivity contribution in [2.75, 3.05) is 18.1 Å². The molecule has 2 heterocycles. The highest BCUT2D eigenvalue weighted by atomic mass is 35.5. The van der Waals surface area contributed by atoms with Gasteiger partial charge in [0.05, 0.1) is 24.2 Å². The van der Waals surface area contributed by atoms with Crippen LogP contribution in [0.1, 0.15) is 24.0 Å². The van der Waals surface area contributed by atoms with E-state index in [0.717, 1.165) is 23.3 Å². The predicted octanol–water partition coefficient (Wildman–Crippen LogP) is 2.00. The average Bonchev–Trinajstić information content (AvgIpc) is 2.95. The standard InChI is InChI=1S/C15H19ClO4S/c16-13-6-11-1-3-20-15(11)12(7-13)8-14(17)5-10-2-4-21(18,19)9-10/h6-7,10,14,17H,1-5,8-9H2. The number of ether oxygens (including phenoxy) is 1. The van der Waals surface area contributed by atoms with Gasteiger partial charge in [0.15, 0.2) is 9.84 Å². The number of fused-ring (bicyclic) bond motifs is 1. The minimum absolute atomic E-state index is 0.0677. The molecule has 4 nitrogen and oxygen atoms in total. The van der Waals surface area contributed by atoms with Crippen molar-refractivity contribution < 1.29 is 18.3 Å². The molecule has 0 aromatic heterocycles. The van der Waals surface area contributed by atoms with Gasteiger partial charge in [-0.25, -0.2) is 8.42 Å². The molecule has 2 aliphatic rings. The zero-order valence-corrected chi connectivity index (χ0v) is 13.3. The van der Waals surface area contributed by atoms with Gasteiger partial charge in [-0.2, -0.15) is 0 Å². The van der Waals surface area contributed by atoms with E-state index >= 15 is 0 Å². The van der Waals surface area contributed by atoms with E-state index in [9.17, 15) is 13.5 Å². The molecular weight excluding hydrogens is 312 g/mol. The van der Waals surface area contributed by atoms with Crippen molar-refractivity contribution >= 4 is 21.4 Å². The second-order valence-electron chi connectivity index (χ2n) is 6.01. The molecule has 0 aliphatic carbocycles. The molecule has 0 radical (unpaired) electrons. The van der Waals surface area contributed by atoms with Crippen molar-refractivity contribution in [1.82, 2.24) is 0 Å². The second kappa shape index (κ2) is 5.78. The van der Waals surface area contributed by atoms with E-state index in [1.165, 1.54) is 0 Å². The van der Waals surface area contributed by atoms with Crippen molar-refractivity contribution in [1.29, 1.82) is 0 Å². The third kappa shape index (κ3) is 3.52. The first kappa shape index (κ1) is 15.1. The molecule has 6 heteroatoms. The highest BCUT2D eigenvalue weighted by molar-refractivity contribution is 7.91. The summed E-state index contributed by atoms with van der Waals surface area (Å²) in [5.41, 5.74) is 2.01. The Kier molecular flexibility index (Phi) is 4.17. The zero-order chi connectivity index (χ0) is 15.0. The van der Waals surface area contributed by atoms with E-state index in [2.05, 4.69) is 0 Å². The van der Waals surface area contributed by atoms with Crippen LogP contribution in [-0.4, -0.2) is 37.7 Å². The highest BCUT2D eigenvalue weighted by Crippen LogP contribution is 2.34. The molecule has 1 saturated heterocycles. The minimum Gasteiger partial charge on any atom is -0.493 e. The Morgan fingerprint density at radius 3 is 2.95 bits per heavy atom. The summed E-state index contributed by atoms with van der Waals surface area (Å²) in [5, 5.41) is 10.9. The van der Waals surface area contributed by atoms with Crippen LogP contribution >= 0.6 is 11.6 Å². The maximum Gasteiger partial charge on any atom is 0.150 e. The quantitative estimate of drug-likeness (QED) is 0.917. The molecule has 1 aromatic carbocycles. The number of rotatable bonds is 4. The van der Waals surface area contributed by atoms with E-state index in [1.54, 1.807) is 0 Å². The normalized spacial score (nSPS) is 24.6. The summed E-state index contributed by atoms with van der Waals surface area (Å²) < 4.78 is 28.5. The summed E-state index contributed by atoms with van der Waals surface area (Å²) in [6, 6.07) is 3.74.